The topological polar surface area (TPSA) is 18.5 Å². The van der Waals surface area contributed by atoms with Crippen LogP contribution in [0, 0.1) is 0 Å². The fourth-order valence-corrected chi connectivity index (χ4v) is 1.54. The maximum atomic E-state index is 12.4. The third-order valence-electron chi connectivity index (χ3n) is 2.53. The molecular formula is C12H6F12O2. The summed E-state index contributed by atoms with van der Waals surface area (Å²) in [6, 6.07) is 2.04. The minimum Gasteiger partial charge on any atom is -0.467 e. The first-order chi connectivity index (χ1) is 11.4. The molecule has 1 aromatic carbocycles. The molecule has 0 fully saturated rings. The summed E-state index contributed by atoms with van der Waals surface area (Å²) in [5.74, 6) is -3.21. The van der Waals surface area contributed by atoms with Gasteiger partial charge < -0.3 is 9.47 Å². The van der Waals surface area contributed by atoms with E-state index >= 15 is 0 Å². The van der Waals surface area contributed by atoms with E-state index in [4.69, 9.17) is 0 Å². The quantitative estimate of drug-likeness (QED) is 0.617. The second-order valence-electron chi connectivity index (χ2n) is 4.61. The lowest BCUT2D eigenvalue weighted by Gasteiger charge is -2.27. The van der Waals surface area contributed by atoms with Crippen molar-refractivity contribution < 1.29 is 62.2 Å². The van der Waals surface area contributed by atoms with E-state index < -0.39 is 48.4 Å². The Morgan fingerprint density at radius 3 is 0.923 bits per heavy atom. The maximum Gasteiger partial charge on any atom is 0.434 e. The van der Waals surface area contributed by atoms with Crippen molar-refractivity contribution in [1.82, 2.24) is 0 Å². The number of halogens is 12. The van der Waals surface area contributed by atoms with Crippen molar-refractivity contribution in [2.24, 2.45) is 0 Å². The van der Waals surface area contributed by atoms with Crippen LogP contribution in [-0.4, -0.2) is 36.9 Å². The Kier molecular flexibility index (Phi) is 5.88. The summed E-state index contributed by atoms with van der Waals surface area (Å²) in [6.45, 7) is 0. The third kappa shape index (κ3) is 5.76. The van der Waals surface area contributed by atoms with Crippen molar-refractivity contribution in [2.75, 3.05) is 0 Å². The van der Waals surface area contributed by atoms with Gasteiger partial charge in [0, 0.05) is 0 Å². The zero-order chi connectivity index (χ0) is 20.6. The van der Waals surface area contributed by atoms with Gasteiger partial charge in [-0.3, -0.25) is 0 Å². The lowest BCUT2D eigenvalue weighted by atomic mass is 10.2. The second-order valence-corrected chi connectivity index (χ2v) is 4.61. The highest BCUT2D eigenvalue weighted by Gasteiger charge is 2.61. The van der Waals surface area contributed by atoms with Gasteiger partial charge in [-0.2, -0.15) is 52.7 Å². The summed E-state index contributed by atoms with van der Waals surface area (Å²) in [5.41, 5.74) is 0. The molecule has 0 bridgehead atoms. The molecule has 0 aliphatic carbocycles. The molecule has 0 aliphatic rings. The van der Waals surface area contributed by atoms with Crippen molar-refractivity contribution in [3.05, 3.63) is 24.3 Å². The molecule has 1 aromatic rings. The molecule has 14 heteroatoms. The molecule has 26 heavy (non-hydrogen) atoms. The summed E-state index contributed by atoms with van der Waals surface area (Å²) in [4.78, 5) is 0. The first-order valence-electron chi connectivity index (χ1n) is 6.13. The van der Waals surface area contributed by atoms with E-state index in [0.717, 1.165) is 12.1 Å². The van der Waals surface area contributed by atoms with Crippen molar-refractivity contribution >= 4 is 0 Å². The predicted octanol–water partition coefficient (Wildman–Crippen LogP) is 5.43. The van der Waals surface area contributed by atoms with Gasteiger partial charge in [0.05, 0.1) is 0 Å². The molecule has 150 valence electrons. The van der Waals surface area contributed by atoms with Crippen LogP contribution < -0.4 is 9.47 Å². The molecule has 0 radical (unpaired) electrons. The van der Waals surface area contributed by atoms with Crippen molar-refractivity contribution in [1.29, 1.82) is 0 Å². The molecule has 0 saturated heterocycles. The molecule has 0 aliphatic heterocycles. The van der Waals surface area contributed by atoms with Gasteiger partial charge in [0.25, 0.3) is 12.2 Å². The van der Waals surface area contributed by atoms with E-state index in [1.54, 1.807) is 0 Å². The van der Waals surface area contributed by atoms with Crippen LogP contribution in [0.5, 0.6) is 11.5 Å². The molecule has 2 nitrogen and oxygen atoms in total. The SMILES string of the molecule is FC(F)(F)C(Oc1ccccc1OC(C(F)(F)F)C(F)(F)F)C(F)(F)F. The van der Waals surface area contributed by atoms with Gasteiger partial charge in [-0.15, -0.1) is 0 Å². The highest BCUT2D eigenvalue weighted by molar-refractivity contribution is 5.40. The van der Waals surface area contributed by atoms with E-state index in [0.29, 0.717) is 12.1 Å². The molecule has 0 aromatic heterocycles. The maximum absolute atomic E-state index is 12.4. The Labute approximate surface area is 136 Å². The summed E-state index contributed by atoms with van der Waals surface area (Å²) < 4.78 is 156. The lowest BCUT2D eigenvalue weighted by Crippen LogP contribution is -2.47. The van der Waals surface area contributed by atoms with Crippen LogP contribution in [0.3, 0.4) is 0 Å². The van der Waals surface area contributed by atoms with Gasteiger partial charge in [0.1, 0.15) is 0 Å². The van der Waals surface area contributed by atoms with Crippen molar-refractivity contribution in [2.45, 2.75) is 36.9 Å². The highest BCUT2D eigenvalue weighted by Crippen LogP contribution is 2.42. The second kappa shape index (κ2) is 6.95. The van der Waals surface area contributed by atoms with Gasteiger partial charge >= 0.3 is 24.7 Å². The Hall–Kier alpha value is -2.02. The van der Waals surface area contributed by atoms with E-state index in [1.165, 1.54) is 0 Å². The number of para-hydroxylation sites is 2. The molecule has 0 saturated carbocycles. The average molecular weight is 410 g/mol. The van der Waals surface area contributed by atoms with Crippen LogP contribution in [0.2, 0.25) is 0 Å². The largest absolute Gasteiger partial charge is 0.467 e. The van der Waals surface area contributed by atoms with Gasteiger partial charge in [-0.25, -0.2) is 0 Å². The van der Waals surface area contributed by atoms with Gasteiger partial charge in [-0.05, 0) is 12.1 Å². The van der Waals surface area contributed by atoms with E-state index in [9.17, 15) is 52.7 Å². The standard InChI is InChI=1S/C12H6F12O2/c13-9(14,15)7(10(16,17)18)25-5-3-1-2-4-6(5)26-8(11(19,20)21)12(22,23)24/h1-4,7-8H. The Balaban J connectivity index is 3.26. The zero-order valence-corrected chi connectivity index (χ0v) is 11.8. The monoisotopic (exact) mass is 410 g/mol. The minimum atomic E-state index is -6.04. The van der Waals surface area contributed by atoms with Crippen LogP contribution in [-0.2, 0) is 0 Å². The summed E-state index contributed by atoms with van der Waals surface area (Å²) in [7, 11) is 0. The molecule has 0 unspecified atom stereocenters. The zero-order valence-electron chi connectivity index (χ0n) is 11.8. The molecule has 0 atom stereocenters. The molecule has 0 heterocycles. The fourth-order valence-electron chi connectivity index (χ4n) is 1.54. The lowest BCUT2D eigenvalue weighted by molar-refractivity contribution is -0.305. The van der Waals surface area contributed by atoms with Gasteiger partial charge in [0.15, 0.2) is 11.5 Å². The first kappa shape index (κ1) is 22.0. The fraction of sp³-hybridized carbons (Fsp3) is 0.500. The normalized spacial score (nSPS) is 14.1. The number of alkyl halides is 12. The summed E-state index contributed by atoms with van der Waals surface area (Å²) in [5, 5.41) is 0. The van der Waals surface area contributed by atoms with Crippen LogP contribution in [0.25, 0.3) is 0 Å². The van der Waals surface area contributed by atoms with E-state index in [-0.39, 0.29) is 0 Å². The van der Waals surface area contributed by atoms with Crippen LogP contribution in [0.15, 0.2) is 24.3 Å². The summed E-state index contributed by atoms with van der Waals surface area (Å²) in [6.07, 6.45) is -33.2. The Bertz CT molecular complexity index is 517. The number of hydrogen-bond donors (Lipinski definition) is 0. The minimum absolute atomic E-state index is 0.295. The van der Waals surface area contributed by atoms with Crippen LogP contribution in [0.4, 0.5) is 52.7 Å². The number of benzene rings is 1. The third-order valence-corrected chi connectivity index (χ3v) is 2.53. The Morgan fingerprint density at radius 1 is 0.500 bits per heavy atom. The number of ether oxygens (including phenoxy) is 2. The summed E-state index contributed by atoms with van der Waals surface area (Å²) >= 11 is 0. The van der Waals surface area contributed by atoms with Crippen LogP contribution in [0.1, 0.15) is 0 Å². The number of hydrogen-bond acceptors (Lipinski definition) is 2. The molecular weight excluding hydrogens is 404 g/mol. The van der Waals surface area contributed by atoms with Gasteiger partial charge in [-0.1, -0.05) is 12.1 Å². The van der Waals surface area contributed by atoms with Gasteiger partial charge in [0.2, 0.25) is 0 Å². The Morgan fingerprint density at radius 2 is 0.731 bits per heavy atom. The number of rotatable bonds is 4. The highest BCUT2D eigenvalue weighted by atomic mass is 19.4. The van der Waals surface area contributed by atoms with Crippen LogP contribution >= 0.6 is 0 Å². The van der Waals surface area contributed by atoms with Crippen molar-refractivity contribution in [3.8, 4) is 11.5 Å². The van der Waals surface area contributed by atoms with Crippen molar-refractivity contribution in [3.63, 3.8) is 0 Å². The molecule has 0 amide bonds. The van der Waals surface area contributed by atoms with E-state index in [2.05, 4.69) is 9.47 Å². The molecule has 0 N–H and O–H groups in total. The average Bonchev–Trinajstić information content (AvgIpc) is 2.38. The first-order valence-corrected chi connectivity index (χ1v) is 6.13. The van der Waals surface area contributed by atoms with E-state index in [1.807, 2.05) is 0 Å². The molecule has 1 rings (SSSR count). The predicted molar refractivity (Wildman–Crippen MR) is 59.5 cm³/mol. The smallest absolute Gasteiger partial charge is 0.434 e. The molecule has 0 spiro atoms.